The molecule has 1 aliphatic carbocycles. The number of hydrogen-bond acceptors (Lipinski definition) is 5. The highest BCUT2D eigenvalue weighted by Gasteiger charge is 2.50. The highest BCUT2D eigenvalue weighted by Crippen LogP contribution is 2.43. The number of halogens is 2. The zero-order valence-electron chi connectivity index (χ0n) is 18.0. The Balaban J connectivity index is 1.77. The van der Waals surface area contributed by atoms with Crippen molar-refractivity contribution < 1.29 is 18.3 Å². The van der Waals surface area contributed by atoms with Crippen molar-refractivity contribution in [2.24, 2.45) is 10.7 Å². The van der Waals surface area contributed by atoms with Gasteiger partial charge in [0.25, 0.3) is 5.91 Å². The van der Waals surface area contributed by atoms with E-state index in [0.29, 0.717) is 28.0 Å². The molecule has 2 aromatic carbocycles. The first-order valence-electron chi connectivity index (χ1n) is 10.6. The van der Waals surface area contributed by atoms with E-state index in [1.807, 2.05) is 0 Å². The number of aliphatic imine (C=N–C) groups is 1. The van der Waals surface area contributed by atoms with E-state index in [0.717, 1.165) is 12.8 Å². The summed E-state index contributed by atoms with van der Waals surface area (Å²) in [6, 6.07) is 14.7. The lowest BCUT2D eigenvalue weighted by atomic mass is 9.81. The number of ether oxygens (including phenoxy) is 1. The highest BCUT2D eigenvalue weighted by molar-refractivity contribution is 6.09. The van der Waals surface area contributed by atoms with Crippen LogP contribution in [0.4, 0.5) is 8.78 Å². The highest BCUT2D eigenvalue weighted by atomic mass is 19.1. The number of nitrogens with two attached hydrogens (primary N) is 1. The number of hydrogen-bond donors (Lipinski definition) is 1. The molecule has 0 saturated heterocycles. The summed E-state index contributed by atoms with van der Waals surface area (Å²) in [7, 11) is 1.53. The summed E-state index contributed by atoms with van der Waals surface area (Å²) in [5.41, 5.74) is 6.44. The van der Waals surface area contributed by atoms with Crippen LogP contribution in [0.3, 0.4) is 0 Å². The van der Waals surface area contributed by atoms with Crippen molar-refractivity contribution in [2.75, 3.05) is 7.05 Å². The van der Waals surface area contributed by atoms with Gasteiger partial charge in [0.05, 0.1) is 11.8 Å². The standard InChI is InChI=1S/C25H22F2N4O2/c1-31-23(32)25(30-24(31)28,16-8-9-29-18(12-16)14-26)17-10-15(21-4-2-3-5-22(21)27)11-20(13-17)33-19-6-7-19/h2-5,8-13,19H,6-7,14H2,1H3,(H2,28,30). The van der Waals surface area contributed by atoms with E-state index in [1.54, 1.807) is 42.5 Å². The maximum absolute atomic E-state index is 14.7. The van der Waals surface area contributed by atoms with Gasteiger partial charge >= 0.3 is 0 Å². The van der Waals surface area contributed by atoms with Gasteiger partial charge in [-0.2, -0.15) is 0 Å². The summed E-state index contributed by atoms with van der Waals surface area (Å²) in [5.74, 6) is -0.273. The van der Waals surface area contributed by atoms with Crippen LogP contribution in [0, 0.1) is 5.82 Å². The second-order valence-corrected chi connectivity index (χ2v) is 8.26. The number of pyridine rings is 1. The fraction of sp³-hybridized carbons (Fsp3) is 0.240. The quantitative estimate of drug-likeness (QED) is 0.620. The normalized spacial score (nSPS) is 20.2. The molecular formula is C25H22F2N4O2. The molecule has 0 radical (unpaired) electrons. The molecule has 1 amide bonds. The first-order valence-corrected chi connectivity index (χ1v) is 10.6. The van der Waals surface area contributed by atoms with Crippen LogP contribution < -0.4 is 10.5 Å². The van der Waals surface area contributed by atoms with Gasteiger partial charge in [-0.05, 0) is 65.9 Å². The van der Waals surface area contributed by atoms with Gasteiger partial charge in [-0.3, -0.25) is 14.7 Å². The van der Waals surface area contributed by atoms with Gasteiger partial charge in [-0.1, -0.05) is 18.2 Å². The van der Waals surface area contributed by atoms with E-state index in [2.05, 4.69) is 9.98 Å². The van der Waals surface area contributed by atoms with Gasteiger partial charge in [0.1, 0.15) is 18.2 Å². The Kier molecular flexibility index (Phi) is 5.08. The fourth-order valence-corrected chi connectivity index (χ4v) is 4.07. The summed E-state index contributed by atoms with van der Waals surface area (Å²) < 4.78 is 34.2. The van der Waals surface area contributed by atoms with Crippen molar-refractivity contribution >= 4 is 11.9 Å². The second-order valence-electron chi connectivity index (χ2n) is 8.26. The minimum Gasteiger partial charge on any atom is -0.490 e. The van der Waals surface area contributed by atoms with E-state index >= 15 is 0 Å². The van der Waals surface area contributed by atoms with E-state index in [1.165, 1.54) is 30.3 Å². The van der Waals surface area contributed by atoms with E-state index in [9.17, 15) is 13.6 Å². The number of likely N-dealkylation sites (N-methyl/N-ethyl adjacent to an activating group) is 1. The van der Waals surface area contributed by atoms with Crippen LogP contribution in [0.5, 0.6) is 5.75 Å². The third kappa shape index (κ3) is 3.61. The maximum Gasteiger partial charge on any atom is 0.266 e. The van der Waals surface area contributed by atoms with Gasteiger partial charge in [0, 0.05) is 18.8 Å². The third-order valence-corrected chi connectivity index (χ3v) is 5.95. The molecule has 168 valence electrons. The molecule has 5 rings (SSSR count). The summed E-state index contributed by atoms with van der Waals surface area (Å²) >= 11 is 0. The number of aromatic nitrogens is 1. The van der Waals surface area contributed by atoms with E-state index < -0.39 is 23.9 Å². The Morgan fingerprint density at radius 2 is 1.94 bits per heavy atom. The minimum absolute atomic E-state index is 0.0274. The summed E-state index contributed by atoms with van der Waals surface area (Å²) in [6.07, 6.45) is 3.38. The topological polar surface area (TPSA) is 80.8 Å². The van der Waals surface area contributed by atoms with Crippen LogP contribution in [0.15, 0.2) is 65.8 Å². The van der Waals surface area contributed by atoms with Crippen LogP contribution in [-0.4, -0.2) is 34.9 Å². The molecule has 1 atom stereocenters. The molecule has 33 heavy (non-hydrogen) atoms. The van der Waals surface area contributed by atoms with Crippen LogP contribution >= 0.6 is 0 Å². The number of rotatable bonds is 6. The van der Waals surface area contributed by atoms with Crippen molar-refractivity contribution in [2.45, 2.75) is 31.2 Å². The first-order chi connectivity index (χ1) is 15.9. The van der Waals surface area contributed by atoms with Gasteiger partial charge in [-0.25, -0.2) is 13.8 Å². The van der Waals surface area contributed by atoms with Crippen molar-refractivity contribution in [3.05, 3.63) is 83.4 Å². The van der Waals surface area contributed by atoms with Gasteiger partial charge in [0.15, 0.2) is 11.5 Å². The molecule has 1 aliphatic heterocycles. The molecule has 3 aromatic rings. The fourth-order valence-electron chi connectivity index (χ4n) is 4.07. The number of amides is 1. The average Bonchev–Trinajstić information content (AvgIpc) is 3.61. The Bertz CT molecular complexity index is 1270. The summed E-state index contributed by atoms with van der Waals surface area (Å²) in [4.78, 5) is 23.4. The number of nitrogens with zero attached hydrogens (tertiary/aromatic N) is 3. The Hall–Kier alpha value is -3.81. The molecule has 2 aliphatic rings. The number of carbonyl (C=O) groups excluding carboxylic acids is 1. The molecule has 1 fully saturated rings. The molecule has 1 saturated carbocycles. The van der Waals surface area contributed by atoms with Crippen LogP contribution in [0.25, 0.3) is 11.1 Å². The number of alkyl halides is 1. The number of guanidine groups is 1. The molecule has 2 heterocycles. The predicted octanol–water partition coefficient (Wildman–Crippen LogP) is 3.93. The van der Waals surface area contributed by atoms with Crippen molar-refractivity contribution in [3.8, 4) is 16.9 Å². The molecule has 0 bridgehead atoms. The van der Waals surface area contributed by atoms with Gasteiger partial charge < -0.3 is 10.5 Å². The number of carbonyl (C=O) groups is 1. The first kappa shape index (κ1) is 21.1. The third-order valence-electron chi connectivity index (χ3n) is 5.95. The molecular weight excluding hydrogens is 426 g/mol. The van der Waals surface area contributed by atoms with Gasteiger partial charge in [-0.15, -0.1) is 0 Å². The lowest BCUT2D eigenvalue weighted by Gasteiger charge is -2.27. The number of benzene rings is 2. The largest absolute Gasteiger partial charge is 0.490 e. The smallest absolute Gasteiger partial charge is 0.266 e. The van der Waals surface area contributed by atoms with E-state index in [4.69, 9.17) is 10.5 Å². The zero-order valence-corrected chi connectivity index (χ0v) is 18.0. The lowest BCUT2D eigenvalue weighted by Crippen LogP contribution is -2.41. The molecule has 1 unspecified atom stereocenters. The van der Waals surface area contributed by atoms with Crippen LogP contribution in [-0.2, 0) is 17.0 Å². The van der Waals surface area contributed by atoms with Crippen molar-refractivity contribution in [1.29, 1.82) is 0 Å². The monoisotopic (exact) mass is 448 g/mol. The summed E-state index contributed by atoms with van der Waals surface area (Å²) in [5, 5.41) is 0. The van der Waals surface area contributed by atoms with Crippen LogP contribution in [0.2, 0.25) is 0 Å². The van der Waals surface area contributed by atoms with Crippen molar-refractivity contribution in [3.63, 3.8) is 0 Å². The Morgan fingerprint density at radius 1 is 1.15 bits per heavy atom. The minimum atomic E-state index is -1.57. The maximum atomic E-state index is 14.7. The average molecular weight is 448 g/mol. The molecule has 0 spiro atoms. The van der Waals surface area contributed by atoms with E-state index in [-0.39, 0.29) is 17.8 Å². The SMILES string of the molecule is CN1C(=O)C(c2cc(OC3CC3)cc(-c3ccccc3F)c2)(c2ccnc(CF)c2)N=C1N. The lowest BCUT2D eigenvalue weighted by molar-refractivity contribution is -0.129. The van der Waals surface area contributed by atoms with Crippen molar-refractivity contribution in [1.82, 2.24) is 9.88 Å². The molecule has 1 aromatic heterocycles. The molecule has 2 N–H and O–H groups in total. The molecule has 8 heteroatoms. The zero-order chi connectivity index (χ0) is 23.2. The van der Waals surface area contributed by atoms with Crippen LogP contribution in [0.1, 0.15) is 29.7 Å². The Labute approximate surface area is 189 Å². The Morgan fingerprint density at radius 3 is 2.61 bits per heavy atom. The predicted molar refractivity (Wildman–Crippen MR) is 120 cm³/mol. The summed E-state index contributed by atoms with van der Waals surface area (Å²) in [6.45, 7) is -0.793. The van der Waals surface area contributed by atoms with Gasteiger partial charge in [0.2, 0.25) is 0 Å². The second kappa shape index (κ2) is 7.95. The molecule has 6 nitrogen and oxygen atoms in total.